The molecule has 0 radical (unpaired) electrons. The summed E-state index contributed by atoms with van der Waals surface area (Å²) >= 11 is 0. The summed E-state index contributed by atoms with van der Waals surface area (Å²) in [6.07, 6.45) is 0. The van der Waals surface area contributed by atoms with E-state index in [0.29, 0.717) is 5.30 Å². The molecule has 128 valence electrons. The highest BCUT2D eigenvalue weighted by molar-refractivity contribution is 7.85. The third-order valence-electron chi connectivity index (χ3n) is 4.44. The maximum absolute atomic E-state index is 14.2. The van der Waals surface area contributed by atoms with Gasteiger partial charge in [-0.05, 0) is 23.1 Å². The van der Waals surface area contributed by atoms with Gasteiger partial charge in [0.2, 0.25) is 0 Å². The van der Waals surface area contributed by atoms with Crippen LogP contribution in [0.3, 0.4) is 0 Å². The quantitative estimate of drug-likeness (QED) is 0.714. The van der Waals surface area contributed by atoms with Gasteiger partial charge in [0.05, 0.1) is 5.30 Å². The van der Waals surface area contributed by atoms with Gasteiger partial charge in [-0.1, -0.05) is 87.5 Å². The highest BCUT2D eigenvalue weighted by Crippen LogP contribution is 2.45. The van der Waals surface area contributed by atoms with Gasteiger partial charge >= 0.3 is 0 Å². The fourth-order valence-corrected chi connectivity index (χ4v) is 5.68. The van der Waals surface area contributed by atoms with Gasteiger partial charge in [0.25, 0.3) is 0 Å². The summed E-state index contributed by atoms with van der Waals surface area (Å²) in [7, 11) is -3.14. The lowest BCUT2D eigenvalue weighted by molar-refractivity contribution is 0.479. The lowest BCUT2D eigenvalue weighted by Crippen LogP contribution is -2.25. The van der Waals surface area contributed by atoms with Crippen molar-refractivity contribution >= 4 is 23.1 Å². The van der Waals surface area contributed by atoms with E-state index in [1.165, 1.54) is 5.56 Å². The van der Waals surface area contributed by atoms with Crippen LogP contribution in [0.1, 0.15) is 26.3 Å². The van der Waals surface area contributed by atoms with Crippen molar-refractivity contribution in [2.45, 2.75) is 26.2 Å². The van der Waals surface area contributed by atoms with Gasteiger partial charge < -0.3 is 9.67 Å². The smallest absolute Gasteiger partial charge is 0.174 e. The molecule has 3 heteroatoms. The van der Waals surface area contributed by atoms with Crippen molar-refractivity contribution in [1.29, 1.82) is 0 Å². The first-order chi connectivity index (χ1) is 11.8. The van der Waals surface area contributed by atoms with Crippen molar-refractivity contribution in [3.63, 3.8) is 0 Å². The summed E-state index contributed by atoms with van der Waals surface area (Å²) in [4.78, 5) is 0. The van der Waals surface area contributed by atoms with Crippen LogP contribution in [0.15, 0.2) is 78.9 Å². The van der Waals surface area contributed by atoms with E-state index in [1.807, 2.05) is 60.7 Å². The number of hydrogen-bond donors (Lipinski definition) is 1. The molecule has 0 amide bonds. The average Bonchev–Trinajstić information content (AvgIpc) is 2.61. The first-order valence-electron chi connectivity index (χ1n) is 8.39. The second-order valence-corrected chi connectivity index (χ2v) is 9.96. The summed E-state index contributed by atoms with van der Waals surface area (Å²) in [6, 6.07) is 24.2. The van der Waals surface area contributed by atoms with Crippen molar-refractivity contribution < 1.29 is 9.67 Å². The molecular formula is C22H23O2P. The van der Waals surface area contributed by atoms with Crippen molar-refractivity contribution in [2.75, 3.05) is 0 Å². The molecule has 0 saturated carbocycles. The standard InChI is InChI=1S/C22H23O2P/c1-22(2,3)17-13-15-19(16-14-17)25(24,18-9-5-4-6-10-18)21-12-8-7-11-20(21)23/h4-16,23H,1-3H3. The van der Waals surface area contributed by atoms with E-state index >= 15 is 0 Å². The van der Waals surface area contributed by atoms with Crippen molar-refractivity contribution in [3.05, 3.63) is 84.4 Å². The summed E-state index contributed by atoms with van der Waals surface area (Å²) in [6.45, 7) is 6.46. The SMILES string of the molecule is CC(C)(C)c1ccc(P(=O)(c2ccccc2)c2ccccc2O)cc1. The maximum Gasteiger partial charge on any atom is 0.174 e. The Kier molecular flexibility index (Phi) is 4.58. The lowest BCUT2D eigenvalue weighted by Gasteiger charge is -2.23. The maximum atomic E-state index is 14.2. The lowest BCUT2D eigenvalue weighted by atomic mass is 9.87. The fourth-order valence-electron chi connectivity index (χ4n) is 2.97. The van der Waals surface area contributed by atoms with Gasteiger partial charge in [-0.15, -0.1) is 0 Å². The molecule has 1 atom stereocenters. The molecule has 0 heterocycles. The van der Waals surface area contributed by atoms with Crippen LogP contribution in [-0.2, 0) is 9.98 Å². The Morgan fingerprint density at radius 1 is 0.720 bits per heavy atom. The van der Waals surface area contributed by atoms with E-state index < -0.39 is 7.14 Å². The molecule has 0 aliphatic heterocycles. The summed E-state index contributed by atoms with van der Waals surface area (Å²) in [5.74, 6) is 0.0644. The number of rotatable bonds is 3. The minimum absolute atomic E-state index is 0.0319. The second-order valence-electron chi connectivity index (χ2n) is 7.23. The molecule has 2 nitrogen and oxygen atoms in total. The zero-order valence-corrected chi connectivity index (χ0v) is 15.7. The Bertz CT molecular complexity index is 907. The molecule has 0 fully saturated rings. The van der Waals surface area contributed by atoms with Crippen LogP contribution in [-0.4, -0.2) is 5.11 Å². The van der Waals surface area contributed by atoms with Crippen LogP contribution in [0.4, 0.5) is 0 Å². The Hall–Kier alpha value is -2.31. The van der Waals surface area contributed by atoms with Crippen LogP contribution in [0.25, 0.3) is 0 Å². The monoisotopic (exact) mass is 350 g/mol. The predicted octanol–water partition coefficient (Wildman–Crippen LogP) is 4.33. The molecule has 0 aliphatic carbocycles. The van der Waals surface area contributed by atoms with Crippen molar-refractivity contribution in [2.24, 2.45) is 0 Å². The van der Waals surface area contributed by atoms with E-state index in [2.05, 4.69) is 20.8 Å². The second kappa shape index (κ2) is 6.54. The predicted molar refractivity (Wildman–Crippen MR) is 106 cm³/mol. The topological polar surface area (TPSA) is 37.3 Å². The Morgan fingerprint density at radius 2 is 1.24 bits per heavy atom. The number of para-hydroxylation sites is 1. The van der Waals surface area contributed by atoms with Crippen LogP contribution >= 0.6 is 7.14 Å². The summed E-state index contributed by atoms with van der Waals surface area (Å²) in [5, 5.41) is 12.3. The molecule has 1 unspecified atom stereocenters. The molecular weight excluding hydrogens is 327 g/mol. The third kappa shape index (κ3) is 3.27. The van der Waals surface area contributed by atoms with E-state index in [9.17, 15) is 9.67 Å². The average molecular weight is 350 g/mol. The van der Waals surface area contributed by atoms with E-state index in [-0.39, 0.29) is 11.2 Å². The van der Waals surface area contributed by atoms with Gasteiger partial charge in [0.1, 0.15) is 5.75 Å². The van der Waals surface area contributed by atoms with E-state index in [1.54, 1.807) is 18.2 Å². The molecule has 3 aromatic carbocycles. The van der Waals surface area contributed by atoms with Gasteiger partial charge in [0, 0.05) is 10.6 Å². The number of hydrogen-bond acceptors (Lipinski definition) is 2. The molecule has 0 spiro atoms. The number of phenols is 1. The molecule has 0 aromatic heterocycles. The first-order valence-corrected chi connectivity index (χ1v) is 10.1. The molecule has 0 aliphatic rings. The minimum Gasteiger partial charge on any atom is -0.507 e. The van der Waals surface area contributed by atoms with Crippen molar-refractivity contribution in [1.82, 2.24) is 0 Å². The van der Waals surface area contributed by atoms with Crippen LogP contribution < -0.4 is 15.9 Å². The zero-order valence-electron chi connectivity index (χ0n) is 14.8. The van der Waals surface area contributed by atoms with E-state index in [0.717, 1.165) is 10.6 Å². The number of benzene rings is 3. The van der Waals surface area contributed by atoms with Gasteiger partial charge in [-0.3, -0.25) is 0 Å². The zero-order chi connectivity index (χ0) is 18.1. The normalized spacial score (nSPS) is 14.0. The molecule has 3 rings (SSSR count). The fraction of sp³-hybridized carbons (Fsp3) is 0.182. The largest absolute Gasteiger partial charge is 0.507 e. The van der Waals surface area contributed by atoms with Gasteiger partial charge in [-0.25, -0.2) is 0 Å². The van der Waals surface area contributed by atoms with E-state index in [4.69, 9.17) is 0 Å². The minimum atomic E-state index is -3.14. The molecule has 0 saturated heterocycles. The summed E-state index contributed by atoms with van der Waals surface area (Å²) < 4.78 is 14.2. The van der Waals surface area contributed by atoms with Crippen LogP contribution in [0, 0.1) is 0 Å². The highest BCUT2D eigenvalue weighted by atomic mass is 31.2. The van der Waals surface area contributed by atoms with Gasteiger partial charge in [0.15, 0.2) is 7.14 Å². The Labute approximate surface area is 149 Å². The van der Waals surface area contributed by atoms with Crippen molar-refractivity contribution in [3.8, 4) is 5.75 Å². The number of aromatic hydroxyl groups is 1. The Morgan fingerprint density at radius 3 is 1.80 bits per heavy atom. The third-order valence-corrected chi connectivity index (χ3v) is 7.55. The van der Waals surface area contributed by atoms with Gasteiger partial charge in [-0.2, -0.15) is 0 Å². The Balaban J connectivity index is 2.23. The highest BCUT2D eigenvalue weighted by Gasteiger charge is 2.32. The number of phenolic OH excluding ortho intramolecular Hbond substituents is 1. The van der Waals surface area contributed by atoms with Crippen LogP contribution in [0.2, 0.25) is 0 Å². The molecule has 1 N–H and O–H groups in total. The molecule has 0 bridgehead atoms. The molecule has 25 heavy (non-hydrogen) atoms. The summed E-state index contributed by atoms with van der Waals surface area (Å²) in [5.41, 5.74) is 1.22. The van der Waals surface area contributed by atoms with Crippen LogP contribution in [0.5, 0.6) is 5.75 Å². The molecule has 3 aromatic rings. The first kappa shape index (κ1) is 17.5.